The number of benzene rings is 1. The maximum Gasteiger partial charge on any atom is 0.343 e. The Morgan fingerprint density at radius 3 is 2.57 bits per heavy atom. The summed E-state index contributed by atoms with van der Waals surface area (Å²) >= 11 is 0. The zero-order valence-electron chi connectivity index (χ0n) is 16.4. The van der Waals surface area contributed by atoms with Gasteiger partial charge in [-0.25, -0.2) is 19.4 Å². The Morgan fingerprint density at radius 1 is 1.00 bits per heavy atom. The van der Waals surface area contributed by atoms with Gasteiger partial charge in [-0.2, -0.15) is 5.10 Å². The number of fused-ring (bicyclic) bond motifs is 2. The topological polar surface area (TPSA) is 113 Å². The third kappa shape index (κ3) is 2.73. The summed E-state index contributed by atoms with van der Waals surface area (Å²) in [7, 11) is 0. The van der Waals surface area contributed by atoms with Gasteiger partial charge in [0.05, 0.1) is 17.0 Å². The number of aryl methyl sites for hydroxylation is 1. The van der Waals surface area contributed by atoms with Gasteiger partial charge >= 0.3 is 5.63 Å². The average Bonchev–Trinajstić information content (AvgIpc) is 3.20. The van der Waals surface area contributed by atoms with Gasteiger partial charge < -0.3 is 10.2 Å². The highest BCUT2D eigenvalue weighted by Gasteiger charge is 2.24. The number of anilines is 1. The van der Waals surface area contributed by atoms with E-state index in [9.17, 15) is 4.79 Å². The van der Waals surface area contributed by atoms with Crippen molar-refractivity contribution in [2.75, 3.05) is 5.73 Å². The Bertz CT molecular complexity index is 1450. The van der Waals surface area contributed by atoms with E-state index in [-0.39, 0.29) is 0 Å². The van der Waals surface area contributed by atoms with Crippen molar-refractivity contribution >= 4 is 27.6 Å². The van der Waals surface area contributed by atoms with Crippen molar-refractivity contribution in [3.05, 3.63) is 77.0 Å². The first-order valence-electron chi connectivity index (χ1n) is 9.47. The van der Waals surface area contributed by atoms with E-state index in [0.717, 1.165) is 22.2 Å². The largest absolute Gasteiger partial charge is 0.424 e. The molecule has 5 rings (SSSR count). The number of hydrogen-bond acceptors (Lipinski definition) is 7. The van der Waals surface area contributed by atoms with Crippen LogP contribution in [0, 0.1) is 6.92 Å². The second kappa shape index (κ2) is 6.77. The lowest BCUT2D eigenvalue weighted by molar-refractivity contribution is 0.405. The van der Waals surface area contributed by atoms with E-state index in [1.807, 2.05) is 44.2 Å². The van der Waals surface area contributed by atoms with Crippen LogP contribution in [0.2, 0.25) is 0 Å². The van der Waals surface area contributed by atoms with E-state index >= 15 is 0 Å². The van der Waals surface area contributed by atoms with Crippen molar-refractivity contribution in [2.45, 2.75) is 19.9 Å². The maximum absolute atomic E-state index is 12.8. The van der Waals surface area contributed by atoms with Gasteiger partial charge in [0.15, 0.2) is 5.65 Å². The van der Waals surface area contributed by atoms with Crippen LogP contribution < -0.4 is 11.4 Å². The molecule has 4 aromatic heterocycles. The molecule has 0 aliphatic heterocycles. The summed E-state index contributed by atoms with van der Waals surface area (Å²) in [4.78, 5) is 25.5. The lowest BCUT2D eigenvalue weighted by Gasteiger charge is -2.18. The highest BCUT2D eigenvalue weighted by atomic mass is 16.4. The van der Waals surface area contributed by atoms with Gasteiger partial charge in [0.1, 0.15) is 23.9 Å². The molecule has 1 atom stereocenters. The van der Waals surface area contributed by atoms with Crippen LogP contribution in [0.4, 0.5) is 5.82 Å². The molecule has 2 N–H and O–H groups in total. The van der Waals surface area contributed by atoms with Gasteiger partial charge in [0.25, 0.3) is 0 Å². The molecule has 8 nitrogen and oxygen atoms in total. The third-order valence-corrected chi connectivity index (χ3v) is 5.23. The van der Waals surface area contributed by atoms with Crippen molar-refractivity contribution in [3.8, 4) is 11.1 Å². The summed E-state index contributed by atoms with van der Waals surface area (Å²) in [6.45, 7) is 3.83. The molecule has 0 saturated heterocycles. The van der Waals surface area contributed by atoms with Crippen LogP contribution in [-0.2, 0) is 0 Å². The molecule has 0 saturated carbocycles. The van der Waals surface area contributed by atoms with Gasteiger partial charge in [0, 0.05) is 28.4 Å². The first-order chi connectivity index (χ1) is 14.5. The normalized spacial score (nSPS) is 12.5. The average molecular weight is 398 g/mol. The van der Waals surface area contributed by atoms with Crippen molar-refractivity contribution in [1.82, 2.24) is 24.7 Å². The molecule has 0 bridgehead atoms. The Morgan fingerprint density at radius 2 is 1.80 bits per heavy atom. The van der Waals surface area contributed by atoms with Crippen molar-refractivity contribution in [1.29, 1.82) is 0 Å². The van der Waals surface area contributed by atoms with Gasteiger partial charge in [-0.3, -0.25) is 4.98 Å². The first kappa shape index (κ1) is 18.0. The Balaban J connectivity index is 1.82. The Kier molecular flexibility index (Phi) is 4.06. The van der Waals surface area contributed by atoms with Crippen LogP contribution in [0.25, 0.3) is 32.9 Å². The Hall–Kier alpha value is -4.07. The van der Waals surface area contributed by atoms with Crippen LogP contribution in [0.3, 0.4) is 0 Å². The molecule has 5 aromatic rings. The summed E-state index contributed by atoms with van der Waals surface area (Å²) in [5.74, 6) is 0.827. The lowest BCUT2D eigenvalue weighted by Crippen LogP contribution is -2.14. The van der Waals surface area contributed by atoms with E-state index < -0.39 is 11.7 Å². The van der Waals surface area contributed by atoms with Gasteiger partial charge in [-0.05, 0) is 26.0 Å². The molecular weight excluding hydrogens is 380 g/mol. The van der Waals surface area contributed by atoms with E-state index in [0.29, 0.717) is 28.0 Å². The van der Waals surface area contributed by atoms with Crippen LogP contribution in [0.1, 0.15) is 24.4 Å². The Labute approximate surface area is 171 Å². The third-order valence-electron chi connectivity index (χ3n) is 5.23. The molecule has 4 heterocycles. The number of aromatic nitrogens is 5. The zero-order valence-corrected chi connectivity index (χ0v) is 16.4. The van der Waals surface area contributed by atoms with Gasteiger partial charge in [-0.15, -0.1) is 0 Å². The second-order valence-corrected chi connectivity index (χ2v) is 7.12. The monoisotopic (exact) mass is 398 g/mol. The minimum Gasteiger partial charge on any atom is -0.424 e. The van der Waals surface area contributed by atoms with Crippen molar-refractivity contribution in [3.63, 3.8) is 0 Å². The predicted octanol–water partition coefficient (Wildman–Crippen LogP) is 3.49. The minimum absolute atomic E-state index is 0.348. The van der Waals surface area contributed by atoms with Gasteiger partial charge in [-0.1, -0.05) is 24.3 Å². The molecule has 1 aromatic carbocycles. The molecule has 0 aliphatic rings. The fourth-order valence-electron chi connectivity index (χ4n) is 3.70. The fourth-order valence-corrected chi connectivity index (χ4v) is 3.70. The molecule has 0 radical (unpaired) electrons. The molecular formula is C22H18N6O2. The quantitative estimate of drug-likeness (QED) is 0.495. The summed E-state index contributed by atoms with van der Waals surface area (Å²) in [5, 5.41) is 6.40. The van der Waals surface area contributed by atoms with E-state index in [1.165, 1.54) is 6.33 Å². The number of nitrogens with two attached hydrogens (primary N) is 1. The molecule has 0 aliphatic carbocycles. The first-order valence-corrected chi connectivity index (χ1v) is 9.47. The molecule has 8 heteroatoms. The highest BCUT2D eigenvalue weighted by molar-refractivity contribution is 5.96. The number of nitrogen functional groups attached to an aromatic ring is 1. The minimum atomic E-state index is -0.426. The zero-order chi connectivity index (χ0) is 20.8. The van der Waals surface area contributed by atoms with Crippen molar-refractivity contribution in [2.24, 2.45) is 0 Å². The van der Waals surface area contributed by atoms with Crippen LogP contribution in [0.5, 0.6) is 0 Å². The van der Waals surface area contributed by atoms with Crippen LogP contribution in [0.15, 0.2) is 64.3 Å². The fraction of sp³-hybridized carbons (Fsp3) is 0.136. The van der Waals surface area contributed by atoms with Crippen LogP contribution in [-0.4, -0.2) is 24.7 Å². The lowest BCUT2D eigenvalue weighted by atomic mass is 9.97. The summed E-state index contributed by atoms with van der Waals surface area (Å²) in [5.41, 5.74) is 8.68. The van der Waals surface area contributed by atoms with Crippen molar-refractivity contribution < 1.29 is 4.42 Å². The smallest absolute Gasteiger partial charge is 0.343 e. The second-order valence-electron chi connectivity index (χ2n) is 7.12. The SMILES string of the molecule is Cc1ccc(-c2c(C(C)n3ncc4c(N)ncnc43)oc(=O)c3ccccc23)cn1. The van der Waals surface area contributed by atoms with E-state index in [2.05, 4.69) is 20.1 Å². The maximum atomic E-state index is 12.8. The predicted molar refractivity (Wildman–Crippen MR) is 114 cm³/mol. The van der Waals surface area contributed by atoms with E-state index in [1.54, 1.807) is 23.1 Å². The number of rotatable bonds is 3. The molecule has 148 valence electrons. The van der Waals surface area contributed by atoms with E-state index in [4.69, 9.17) is 10.2 Å². The molecule has 0 fully saturated rings. The van der Waals surface area contributed by atoms with Gasteiger partial charge in [0.2, 0.25) is 0 Å². The standard InChI is InChI=1S/C22H18N6O2/c1-12-7-8-14(9-24-12)18-15-5-3-4-6-16(15)22(29)30-19(18)13(2)28-21-17(10-27-28)20(23)25-11-26-21/h3-11,13H,1-2H3,(H2,23,25,26). The number of pyridine rings is 1. The highest BCUT2D eigenvalue weighted by Crippen LogP contribution is 2.35. The molecule has 1 unspecified atom stereocenters. The summed E-state index contributed by atoms with van der Waals surface area (Å²) < 4.78 is 7.54. The number of nitrogens with zero attached hydrogens (tertiary/aromatic N) is 5. The number of hydrogen-bond donors (Lipinski definition) is 1. The summed E-state index contributed by atoms with van der Waals surface area (Å²) in [6.07, 6.45) is 4.80. The molecule has 0 amide bonds. The summed E-state index contributed by atoms with van der Waals surface area (Å²) in [6, 6.07) is 10.9. The van der Waals surface area contributed by atoms with Crippen LogP contribution >= 0.6 is 0 Å². The molecule has 0 spiro atoms. The molecule has 30 heavy (non-hydrogen) atoms.